The van der Waals surface area contributed by atoms with Gasteiger partial charge in [-0.05, 0) is 18.9 Å². The summed E-state index contributed by atoms with van der Waals surface area (Å²) >= 11 is 0. The molecule has 4 atom stereocenters. The van der Waals surface area contributed by atoms with Gasteiger partial charge in [-0.3, -0.25) is 0 Å². The smallest absolute Gasteiger partial charge is 0.0957 e. The summed E-state index contributed by atoms with van der Waals surface area (Å²) in [6.45, 7) is 2.65. The fourth-order valence-corrected chi connectivity index (χ4v) is 3.05. The van der Waals surface area contributed by atoms with Crippen LogP contribution in [0.1, 0.15) is 29.2 Å². The molecule has 1 saturated carbocycles. The van der Waals surface area contributed by atoms with Crippen molar-refractivity contribution in [2.75, 3.05) is 0 Å². The van der Waals surface area contributed by atoms with Crippen LogP contribution < -0.4 is 5.32 Å². The highest BCUT2D eigenvalue weighted by Gasteiger charge is 2.41. The lowest BCUT2D eigenvalue weighted by Crippen LogP contribution is -2.41. The maximum atomic E-state index is 10.2. The van der Waals surface area contributed by atoms with Gasteiger partial charge in [-0.2, -0.15) is 0 Å². The number of H-pyrrole nitrogens is 1. The van der Waals surface area contributed by atoms with E-state index in [1.807, 2.05) is 0 Å². The van der Waals surface area contributed by atoms with E-state index in [4.69, 9.17) is 0 Å². The van der Waals surface area contributed by atoms with Crippen LogP contribution >= 0.6 is 0 Å². The Labute approximate surface area is 124 Å². The summed E-state index contributed by atoms with van der Waals surface area (Å²) in [5, 5.41) is 23.6. The molecule has 2 aromatic rings. The summed E-state index contributed by atoms with van der Waals surface area (Å²) in [4.78, 5) is 7.01. The van der Waals surface area contributed by atoms with Crippen molar-refractivity contribution in [2.24, 2.45) is 0 Å². The first-order valence-corrected chi connectivity index (χ1v) is 7.28. The molecule has 0 saturated heterocycles. The van der Waals surface area contributed by atoms with E-state index in [0.29, 0.717) is 13.0 Å². The second-order valence-corrected chi connectivity index (χ2v) is 5.79. The van der Waals surface area contributed by atoms with E-state index in [-0.39, 0.29) is 12.0 Å². The van der Waals surface area contributed by atoms with E-state index in [1.165, 1.54) is 5.56 Å². The fourth-order valence-electron chi connectivity index (χ4n) is 3.05. The second kappa shape index (κ2) is 5.97. The topological polar surface area (TPSA) is 81.2 Å². The number of hydrogen-bond donors (Lipinski definition) is 4. The Morgan fingerprint density at radius 2 is 2.05 bits per heavy atom. The quantitative estimate of drug-likeness (QED) is 0.678. The van der Waals surface area contributed by atoms with Crippen molar-refractivity contribution in [2.45, 2.75) is 44.1 Å². The highest BCUT2D eigenvalue weighted by Crippen LogP contribution is 2.35. The van der Waals surface area contributed by atoms with Gasteiger partial charge >= 0.3 is 0 Å². The number of nitrogens with zero attached hydrogens (tertiary/aromatic N) is 1. The number of aliphatic hydroxyl groups is 2. The summed E-state index contributed by atoms with van der Waals surface area (Å²) in [6, 6.07) is 8.13. The molecule has 5 heteroatoms. The van der Waals surface area contributed by atoms with Gasteiger partial charge in [0.2, 0.25) is 0 Å². The normalized spacial score (nSPS) is 28.9. The Morgan fingerprint density at radius 3 is 2.71 bits per heavy atom. The zero-order chi connectivity index (χ0) is 14.8. The van der Waals surface area contributed by atoms with Crippen LogP contribution in [0, 0.1) is 6.92 Å². The van der Waals surface area contributed by atoms with Gasteiger partial charge in [0.25, 0.3) is 0 Å². The Morgan fingerprint density at radius 1 is 1.29 bits per heavy atom. The van der Waals surface area contributed by atoms with E-state index in [1.54, 1.807) is 12.5 Å². The second-order valence-electron chi connectivity index (χ2n) is 5.79. The molecule has 0 radical (unpaired) electrons. The van der Waals surface area contributed by atoms with Crippen molar-refractivity contribution in [3.8, 4) is 0 Å². The van der Waals surface area contributed by atoms with Crippen molar-refractivity contribution < 1.29 is 10.2 Å². The molecule has 0 bridgehead atoms. The molecule has 21 heavy (non-hydrogen) atoms. The number of rotatable bonds is 4. The zero-order valence-corrected chi connectivity index (χ0v) is 12.0. The van der Waals surface area contributed by atoms with E-state index in [0.717, 1.165) is 11.3 Å². The highest BCUT2D eigenvalue weighted by molar-refractivity contribution is 5.28. The molecule has 0 spiro atoms. The molecule has 1 aromatic carbocycles. The van der Waals surface area contributed by atoms with Gasteiger partial charge in [-0.25, -0.2) is 4.98 Å². The lowest BCUT2D eigenvalue weighted by molar-refractivity contribution is 0.0297. The molecule has 0 aliphatic heterocycles. The lowest BCUT2D eigenvalue weighted by atomic mass is 9.93. The summed E-state index contributed by atoms with van der Waals surface area (Å²) in [6.07, 6.45) is 2.53. The van der Waals surface area contributed by atoms with Crippen LogP contribution in [0.3, 0.4) is 0 Å². The number of aromatic nitrogens is 2. The van der Waals surface area contributed by atoms with Gasteiger partial charge in [0, 0.05) is 30.4 Å². The van der Waals surface area contributed by atoms with E-state index < -0.39 is 12.2 Å². The largest absolute Gasteiger partial charge is 0.390 e. The van der Waals surface area contributed by atoms with Crippen LogP contribution in [0.25, 0.3) is 0 Å². The Kier molecular flexibility index (Phi) is 4.05. The highest BCUT2D eigenvalue weighted by atomic mass is 16.3. The summed E-state index contributed by atoms with van der Waals surface area (Å²) < 4.78 is 0. The minimum Gasteiger partial charge on any atom is -0.390 e. The minimum atomic E-state index is -0.751. The fraction of sp³-hybridized carbons (Fsp3) is 0.438. The number of imidazole rings is 1. The standard InChI is InChI=1S/C16H21N3O2/c1-10-2-4-11(5-3-10)13-6-14(20)16(21)15(13)18-8-12-7-17-9-19-12/h2-5,7,9,13-16,18,20-21H,6,8H2,1H3,(H,17,19)/t13-,14-,15-,16-/m1/s1. The van der Waals surface area contributed by atoms with E-state index in [2.05, 4.69) is 46.5 Å². The van der Waals surface area contributed by atoms with Crippen molar-refractivity contribution in [3.63, 3.8) is 0 Å². The molecule has 1 heterocycles. The number of aliphatic hydroxyl groups excluding tert-OH is 2. The van der Waals surface area contributed by atoms with Crippen molar-refractivity contribution in [1.29, 1.82) is 0 Å². The van der Waals surface area contributed by atoms with Crippen molar-refractivity contribution in [1.82, 2.24) is 15.3 Å². The molecule has 112 valence electrons. The van der Waals surface area contributed by atoms with Gasteiger partial charge in [0.15, 0.2) is 0 Å². The number of benzene rings is 1. The van der Waals surface area contributed by atoms with Crippen molar-refractivity contribution in [3.05, 3.63) is 53.6 Å². The van der Waals surface area contributed by atoms with Crippen LogP contribution in [0.5, 0.6) is 0 Å². The molecule has 1 aromatic heterocycles. The first-order valence-electron chi connectivity index (χ1n) is 7.28. The summed E-state index contributed by atoms with van der Waals surface area (Å²) in [7, 11) is 0. The third kappa shape index (κ3) is 3.00. The molecule has 1 aliphatic carbocycles. The first-order chi connectivity index (χ1) is 10.1. The van der Waals surface area contributed by atoms with E-state index >= 15 is 0 Å². The van der Waals surface area contributed by atoms with Crippen LogP contribution in [-0.2, 0) is 6.54 Å². The molecule has 0 unspecified atom stereocenters. The lowest BCUT2D eigenvalue weighted by Gasteiger charge is -2.23. The Balaban J connectivity index is 1.75. The third-order valence-electron chi connectivity index (χ3n) is 4.28. The van der Waals surface area contributed by atoms with Crippen LogP contribution in [0.15, 0.2) is 36.8 Å². The van der Waals surface area contributed by atoms with Gasteiger partial charge < -0.3 is 20.5 Å². The summed E-state index contributed by atoms with van der Waals surface area (Å²) in [5.41, 5.74) is 3.32. The molecule has 3 rings (SSSR count). The summed E-state index contributed by atoms with van der Waals surface area (Å²) in [5.74, 6) is 0.110. The molecule has 4 N–H and O–H groups in total. The Bertz CT molecular complexity index is 568. The van der Waals surface area contributed by atoms with Crippen LogP contribution in [-0.4, -0.2) is 38.4 Å². The first kappa shape index (κ1) is 14.3. The predicted octanol–water partition coefficient (Wildman–Crippen LogP) is 1.09. The van der Waals surface area contributed by atoms with Gasteiger partial charge in [0.05, 0.1) is 18.5 Å². The molecule has 0 amide bonds. The molecule has 1 aliphatic rings. The number of nitrogens with one attached hydrogen (secondary N) is 2. The SMILES string of the molecule is Cc1ccc([C@H]2C[C@@H](O)[C@@H](O)[C@@H]2NCc2cnc[nH]2)cc1. The van der Waals surface area contributed by atoms with Gasteiger partial charge in [0.1, 0.15) is 0 Å². The number of aryl methyl sites for hydroxylation is 1. The van der Waals surface area contributed by atoms with Crippen LogP contribution in [0.4, 0.5) is 0 Å². The third-order valence-corrected chi connectivity index (χ3v) is 4.28. The molecular weight excluding hydrogens is 266 g/mol. The van der Waals surface area contributed by atoms with E-state index in [9.17, 15) is 10.2 Å². The minimum absolute atomic E-state index is 0.110. The van der Waals surface area contributed by atoms with Gasteiger partial charge in [-0.1, -0.05) is 29.8 Å². The molecular formula is C16H21N3O2. The average molecular weight is 287 g/mol. The maximum absolute atomic E-state index is 10.2. The zero-order valence-electron chi connectivity index (χ0n) is 12.0. The van der Waals surface area contributed by atoms with Crippen molar-refractivity contribution >= 4 is 0 Å². The predicted molar refractivity (Wildman–Crippen MR) is 79.8 cm³/mol. The number of aromatic amines is 1. The monoisotopic (exact) mass is 287 g/mol. The molecule has 1 fully saturated rings. The van der Waals surface area contributed by atoms with Crippen LogP contribution in [0.2, 0.25) is 0 Å². The van der Waals surface area contributed by atoms with Gasteiger partial charge in [-0.15, -0.1) is 0 Å². The average Bonchev–Trinajstić information content (AvgIpc) is 3.08. The molecule has 5 nitrogen and oxygen atoms in total. The number of hydrogen-bond acceptors (Lipinski definition) is 4. The maximum Gasteiger partial charge on any atom is 0.0957 e. The Hall–Kier alpha value is -1.69.